The van der Waals surface area contributed by atoms with Crippen LogP contribution in [-0.2, 0) is 12.8 Å². The molecule has 0 aliphatic heterocycles. The molecule has 1 heterocycles. The van der Waals surface area contributed by atoms with Crippen molar-refractivity contribution >= 4 is 17.2 Å². The lowest BCUT2D eigenvalue weighted by molar-refractivity contribution is 0.0977. The molecule has 1 aliphatic rings. The molecule has 0 bridgehead atoms. The Hall–Kier alpha value is -1.34. The highest BCUT2D eigenvalue weighted by molar-refractivity contribution is 7.14. The summed E-state index contributed by atoms with van der Waals surface area (Å²) < 4.78 is 0. The van der Waals surface area contributed by atoms with Crippen molar-refractivity contribution in [1.82, 2.24) is 5.32 Å². The molecule has 1 unspecified atom stereocenters. The van der Waals surface area contributed by atoms with Crippen molar-refractivity contribution in [1.29, 1.82) is 5.26 Å². The maximum atomic E-state index is 11.5. The SMILES string of the molecule is CCC1CCc2sc(C(=O)NC#N)cc2C1. The second-order valence-electron chi connectivity index (χ2n) is 4.14. The molecule has 16 heavy (non-hydrogen) atoms. The van der Waals surface area contributed by atoms with Crippen molar-refractivity contribution < 1.29 is 4.79 Å². The van der Waals surface area contributed by atoms with Gasteiger partial charge in [-0.2, -0.15) is 5.26 Å². The second-order valence-corrected chi connectivity index (χ2v) is 5.28. The van der Waals surface area contributed by atoms with E-state index in [4.69, 9.17) is 5.26 Å². The third-order valence-electron chi connectivity index (χ3n) is 3.16. The zero-order valence-electron chi connectivity index (χ0n) is 9.25. The standard InChI is InChI=1S/C12H14N2OS/c1-2-8-3-4-10-9(5-8)6-11(16-10)12(15)14-7-13/h6,8H,2-5H2,1H3,(H,14,15). The van der Waals surface area contributed by atoms with E-state index in [-0.39, 0.29) is 5.91 Å². The molecule has 0 fully saturated rings. The highest BCUT2D eigenvalue weighted by Crippen LogP contribution is 2.33. The maximum absolute atomic E-state index is 11.5. The predicted molar refractivity (Wildman–Crippen MR) is 63.2 cm³/mol. The number of fused-ring (bicyclic) bond motifs is 1. The summed E-state index contributed by atoms with van der Waals surface area (Å²) in [5.41, 5.74) is 1.31. The van der Waals surface area contributed by atoms with Crippen LogP contribution in [0.15, 0.2) is 6.07 Å². The van der Waals surface area contributed by atoms with Crippen molar-refractivity contribution in [2.24, 2.45) is 5.92 Å². The Labute approximate surface area is 99.1 Å². The molecule has 0 radical (unpaired) electrons. The first-order valence-electron chi connectivity index (χ1n) is 5.55. The average Bonchev–Trinajstić information content (AvgIpc) is 2.71. The van der Waals surface area contributed by atoms with E-state index in [0.717, 1.165) is 18.8 Å². The van der Waals surface area contributed by atoms with Gasteiger partial charge in [0, 0.05) is 4.88 Å². The van der Waals surface area contributed by atoms with Crippen molar-refractivity contribution in [2.75, 3.05) is 0 Å². The summed E-state index contributed by atoms with van der Waals surface area (Å²) in [7, 11) is 0. The van der Waals surface area contributed by atoms with Crippen LogP contribution in [0.3, 0.4) is 0 Å². The van der Waals surface area contributed by atoms with Crippen LogP contribution in [0.1, 0.15) is 39.9 Å². The number of carbonyl (C=O) groups is 1. The normalized spacial score (nSPS) is 18.6. The number of rotatable bonds is 2. The predicted octanol–water partition coefficient (Wildman–Crippen LogP) is 2.47. The summed E-state index contributed by atoms with van der Waals surface area (Å²) in [5.74, 6) is 0.490. The number of hydrogen-bond donors (Lipinski definition) is 1. The Morgan fingerprint density at radius 3 is 3.25 bits per heavy atom. The molecule has 4 heteroatoms. The lowest BCUT2D eigenvalue weighted by Gasteiger charge is -2.19. The summed E-state index contributed by atoms with van der Waals surface area (Å²) in [5, 5.41) is 10.6. The number of nitrogens with zero attached hydrogens (tertiary/aromatic N) is 1. The van der Waals surface area contributed by atoms with Gasteiger partial charge in [-0.1, -0.05) is 13.3 Å². The lowest BCUT2D eigenvalue weighted by Crippen LogP contribution is -2.15. The second kappa shape index (κ2) is 4.67. The van der Waals surface area contributed by atoms with Crippen LogP contribution in [0, 0.1) is 17.4 Å². The van der Waals surface area contributed by atoms with E-state index >= 15 is 0 Å². The van der Waals surface area contributed by atoms with Gasteiger partial charge in [0.25, 0.3) is 5.91 Å². The minimum absolute atomic E-state index is 0.269. The Kier molecular flexibility index (Phi) is 3.25. The van der Waals surface area contributed by atoms with E-state index in [0.29, 0.717) is 4.88 Å². The first-order chi connectivity index (χ1) is 7.74. The molecule has 1 amide bonds. The molecule has 1 atom stereocenters. The molecule has 84 valence electrons. The first-order valence-corrected chi connectivity index (χ1v) is 6.37. The van der Waals surface area contributed by atoms with Crippen LogP contribution >= 0.6 is 11.3 Å². The quantitative estimate of drug-likeness (QED) is 0.631. The molecule has 1 aliphatic carbocycles. The van der Waals surface area contributed by atoms with Crippen LogP contribution in [-0.4, -0.2) is 5.91 Å². The number of carbonyl (C=O) groups excluding carboxylic acids is 1. The van der Waals surface area contributed by atoms with Crippen LogP contribution in [0.25, 0.3) is 0 Å². The average molecular weight is 234 g/mol. The van der Waals surface area contributed by atoms with Crippen molar-refractivity contribution in [3.05, 3.63) is 21.4 Å². The zero-order chi connectivity index (χ0) is 11.5. The number of nitrogens with one attached hydrogen (secondary N) is 1. The van der Waals surface area contributed by atoms with Crippen LogP contribution in [0.4, 0.5) is 0 Å². The fourth-order valence-corrected chi connectivity index (χ4v) is 3.28. The van der Waals surface area contributed by atoms with Gasteiger partial charge in [-0.3, -0.25) is 10.1 Å². The number of aryl methyl sites for hydroxylation is 1. The van der Waals surface area contributed by atoms with Gasteiger partial charge in [-0.05, 0) is 36.8 Å². The Balaban J connectivity index is 2.19. The summed E-state index contributed by atoms with van der Waals surface area (Å²) in [6.07, 6.45) is 6.27. The lowest BCUT2D eigenvalue weighted by atomic mass is 9.87. The summed E-state index contributed by atoms with van der Waals surface area (Å²) in [6, 6.07) is 1.95. The number of thiophene rings is 1. The van der Waals surface area contributed by atoms with Gasteiger partial charge < -0.3 is 0 Å². The highest BCUT2D eigenvalue weighted by atomic mass is 32.1. The molecule has 1 N–H and O–H groups in total. The first kappa shape index (κ1) is 11.2. The summed E-state index contributed by atoms with van der Waals surface area (Å²) in [6.45, 7) is 2.21. The smallest absolute Gasteiger partial charge is 0.267 e. The topological polar surface area (TPSA) is 52.9 Å². The maximum Gasteiger partial charge on any atom is 0.274 e. The Bertz CT molecular complexity index is 444. The Morgan fingerprint density at radius 1 is 1.75 bits per heavy atom. The van der Waals surface area contributed by atoms with Gasteiger partial charge in [0.15, 0.2) is 6.19 Å². The van der Waals surface area contributed by atoms with E-state index in [1.807, 2.05) is 6.07 Å². The largest absolute Gasteiger partial charge is 0.274 e. The van der Waals surface area contributed by atoms with Gasteiger partial charge in [0.1, 0.15) is 0 Å². The van der Waals surface area contributed by atoms with E-state index in [9.17, 15) is 4.79 Å². The molecule has 0 saturated carbocycles. The van der Waals surface area contributed by atoms with E-state index in [2.05, 4.69) is 12.2 Å². The molecule has 1 aromatic heterocycles. The number of amides is 1. The molecule has 0 aromatic carbocycles. The number of hydrogen-bond acceptors (Lipinski definition) is 3. The Morgan fingerprint density at radius 2 is 2.56 bits per heavy atom. The minimum atomic E-state index is -0.269. The molecule has 2 rings (SSSR count). The van der Waals surface area contributed by atoms with Crippen LogP contribution in [0.5, 0.6) is 0 Å². The fourth-order valence-electron chi connectivity index (χ4n) is 2.17. The van der Waals surface area contributed by atoms with E-state index < -0.39 is 0 Å². The van der Waals surface area contributed by atoms with Crippen LogP contribution < -0.4 is 5.32 Å². The van der Waals surface area contributed by atoms with Gasteiger partial charge >= 0.3 is 0 Å². The van der Waals surface area contributed by atoms with Gasteiger partial charge in [-0.25, -0.2) is 0 Å². The molecule has 0 spiro atoms. The molecular weight excluding hydrogens is 220 g/mol. The van der Waals surface area contributed by atoms with E-state index in [1.165, 1.54) is 34.6 Å². The monoisotopic (exact) mass is 234 g/mol. The minimum Gasteiger partial charge on any atom is -0.267 e. The zero-order valence-corrected chi connectivity index (χ0v) is 10.1. The van der Waals surface area contributed by atoms with Gasteiger partial charge in [0.05, 0.1) is 4.88 Å². The van der Waals surface area contributed by atoms with Crippen molar-refractivity contribution in [3.63, 3.8) is 0 Å². The third-order valence-corrected chi connectivity index (χ3v) is 4.39. The summed E-state index contributed by atoms with van der Waals surface area (Å²) >= 11 is 1.53. The third kappa shape index (κ3) is 2.10. The molecular formula is C12H14N2OS. The van der Waals surface area contributed by atoms with Gasteiger partial charge in [0.2, 0.25) is 0 Å². The molecule has 3 nitrogen and oxygen atoms in total. The molecule has 1 aromatic rings. The fraction of sp³-hybridized carbons (Fsp3) is 0.500. The van der Waals surface area contributed by atoms with Gasteiger partial charge in [-0.15, -0.1) is 11.3 Å². The number of nitriles is 1. The summed E-state index contributed by atoms with van der Waals surface area (Å²) in [4.78, 5) is 13.5. The highest BCUT2D eigenvalue weighted by Gasteiger charge is 2.21. The van der Waals surface area contributed by atoms with Crippen molar-refractivity contribution in [3.8, 4) is 6.19 Å². The molecule has 0 saturated heterocycles. The van der Waals surface area contributed by atoms with E-state index in [1.54, 1.807) is 6.19 Å². The van der Waals surface area contributed by atoms with Crippen molar-refractivity contribution in [2.45, 2.75) is 32.6 Å². The van der Waals surface area contributed by atoms with Crippen LogP contribution in [0.2, 0.25) is 0 Å².